The van der Waals surface area contributed by atoms with E-state index in [1.165, 1.54) is 6.42 Å². The Bertz CT molecular complexity index is 520. The molecule has 1 rings (SSSR count). The molecule has 0 unspecified atom stereocenters. The normalized spacial score (nSPS) is 16.4. The van der Waals surface area contributed by atoms with Gasteiger partial charge in [-0.1, -0.05) is 43.9 Å². The first-order valence-electron chi connectivity index (χ1n) is 7.95. The van der Waals surface area contributed by atoms with Gasteiger partial charge in [-0.3, -0.25) is 4.79 Å². The summed E-state index contributed by atoms with van der Waals surface area (Å²) in [5.74, 6) is 5.64. The van der Waals surface area contributed by atoms with Crippen molar-refractivity contribution in [3.63, 3.8) is 0 Å². The molecular weight excluding hydrogens is 274 g/mol. The van der Waals surface area contributed by atoms with Gasteiger partial charge in [0.2, 0.25) is 5.91 Å². The van der Waals surface area contributed by atoms with Gasteiger partial charge in [-0.15, -0.1) is 0 Å². The van der Waals surface area contributed by atoms with Crippen LogP contribution in [0.15, 0.2) is 36.0 Å². The van der Waals surface area contributed by atoms with Gasteiger partial charge in [-0.05, 0) is 45.6 Å². The van der Waals surface area contributed by atoms with Gasteiger partial charge >= 0.3 is 0 Å². The summed E-state index contributed by atoms with van der Waals surface area (Å²) in [5, 5.41) is 12.7. The molecular formula is C19H27NO2. The largest absolute Gasteiger partial charge is 0.378 e. The third kappa shape index (κ3) is 6.78. The van der Waals surface area contributed by atoms with Crippen molar-refractivity contribution >= 4 is 5.91 Å². The monoisotopic (exact) mass is 301 g/mol. The average molecular weight is 301 g/mol. The van der Waals surface area contributed by atoms with Crippen molar-refractivity contribution in [3.8, 4) is 11.8 Å². The number of hydrogen-bond donors (Lipinski definition) is 2. The highest BCUT2D eigenvalue weighted by atomic mass is 16.3. The molecule has 0 aromatic heterocycles. The zero-order valence-electron chi connectivity index (χ0n) is 13.9. The Morgan fingerprint density at radius 2 is 2.09 bits per heavy atom. The van der Waals surface area contributed by atoms with Gasteiger partial charge < -0.3 is 10.4 Å². The van der Waals surface area contributed by atoms with Gasteiger partial charge in [0.15, 0.2) is 0 Å². The first-order valence-corrected chi connectivity index (χ1v) is 7.95. The quantitative estimate of drug-likeness (QED) is 0.449. The van der Waals surface area contributed by atoms with E-state index in [1.807, 2.05) is 6.08 Å². The summed E-state index contributed by atoms with van der Waals surface area (Å²) in [6.45, 7) is 9.03. The molecule has 1 aliphatic rings. The molecule has 0 heterocycles. The lowest BCUT2D eigenvalue weighted by Gasteiger charge is -2.26. The maximum Gasteiger partial charge on any atom is 0.247 e. The second-order valence-electron chi connectivity index (χ2n) is 6.18. The van der Waals surface area contributed by atoms with E-state index in [4.69, 9.17) is 0 Å². The van der Waals surface area contributed by atoms with E-state index in [1.54, 1.807) is 26.0 Å². The summed E-state index contributed by atoms with van der Waals surface area (Å²) in [6, 6.07) is 0.339. The van der Waals surface area contributed by atoms with Crippen LogP contribution in [0.1, 0.15) is 52.9 Å². The maximum absolute atomic E-state index is 12.2. The minimum Gasteiger partial charge on any atom is -0.378 e. The molecule has 2 N–H and O–H groups in total. The van der Waals surface area contributed by atoms with Crippen molar-refractivity contribution in [1.82, 2.24) is 5.32 Å². The first-order chi connectivity index (χ1) is 10.4. The topological polar surface area (TPSA) is 49.3 Å². The van der Waals surface area contributed by atoms with Crippen molar-refractivity contribution in [3.05, 3.63) is 36.0 Å². The second-order valence-corrected chi connectivity index (χ2v) is 6.18. The first kappa shape index (κ1) is 18.3. The highest BCUT2D eigenvalue weighted by Crippen LogP contribution is 2.19. The molecule has 0 radical (unpaired) electrons. The molecule has 1 aliphatic carbocycles. The van der Waals surface area contributed by atoms with Gasteiger partial charge in [0.1, 0.15) is 5.60 Å². The number of nitrogens with one attached hydrogen (secondary N) is 1. The lowest BCUT2D eigenvalue weighted by molar-refractivity contribution is -0.118. The number of carbonyl (C=O) groups excluding carboxylic acids is 1. The fourth-order valence-corrected chi connectivity index (χ4v) is 1.95. The predicted octanol–water partition coefficient (Wildman–Crippen LogP) is 3.27. The predicted molar refractivity (Wildman–Crippen MR) is 91.1 cm³/mol. The Labute approximate surface area is 134 Å². The molecule has 0 spiro atoms. The summed E-state index contributed by atoms with van der Waals surface area (Å²) >= 11 is 0. The molecule has 0 aliphatic heterocycles. The fourth-order valence-electron chi connectivity index (χ4n) is 1.95. The zero-order chi connectivity index (χ0) is 16.6. The lowest BCUT2D eigenvalue weighted by atomic mass is 9.92. The Morgan fingerprint density at radius 1 is 1.41 bits per heavy atom. The minimum atomic E-state index is -1.04. The van der Waals surface area contributed by atoms with E-state index in [9.17, 15) is 9.90 Å². The molecule has 0 atom stereocenters. The van der Waals surface area contributed by atoms with Crippen molar-refractivity contribution in [2.75, 3.05) is 0 Å². The van der Waals surface area contributed by atoms with E-state index in [-0.39, 0.29) is 5.91 Å². The van der Waals surface area contributed by atoms with Crippen LogP contribution in [0.4, 0.5) is 0 Å². The van der Waals surface area contributed by atoms with Crippen LogP contribution in [0.2, 0.25) is 0 Å². The van der Waals surface area contributed by atoms with Crippen LogP contribution in [-0.4, -0.2) is 22.7 Å². The maximum atomic E-state index is 12.2. The van der Waals surface area contributed by atoms with E-state index in [0.717, 1.165) is 31.3 Å². The molecule has 0 bridgehead atoms. The smallest absolute Gasteiger partial charge is 0.247 e. The SMILES string of the molecule is C=CC(C#CC(C)(C)O)=CC=C(CCC)C(=O)NC1CCC1. The van der Waals surface area contributed by atoms with E-state index >= 15 is 0 Å². The lowest BCUT2D eigenvalue weighted by Crippen LogP contribution is -2.40. The van der Waals surface area contributed by atoms with Crippen molar-refractivity contribution < 1.29 is 9.90 Å². The Hall–Kier alpha value is -1.79. The minimum absolute atomic E-state index is 0.0154. The zero-order valence-corrected chi connectivity index (χ0v) is 13.9. The van der Waals surface area contributed by atoms with Gasteiger partial charge in [-0.2, -0.15) is 0 Å². The van der Waals surface area contributed by atoms with Gasteiger partial charge in [0.25, 0.3) is 0 Å². The number of aliphatic hydroxyl groups is 1. The Balaban J connectivity index is 2.84. The molecule has 1 fully saturated rings. The molecule has 22 heavy (non-hydrogen) atoms. The van der Waals surface area contributed by atoms with Crippen molar-refractivity contribution in [2.45, 2.75) is 64.5 Å². The third-order valence-electron chi connectivity index (χ3n) is 3.45. The van der Waals surface area contributed by atoms with Crippen molar-refractivity contribution in [2.24, 2.45) is 0 Å². The van der Waals surface area contributed by atoms with Crippen LogP contribution in [0.25, 0.3) is 0 Å². The standard InChI is InChI=1S/C19H27NO2/c1-5-8-16(18(21)20-17-9-7-10-17)12-11-15(6-2)13-14-19(3,4)22/h6,11-12,17,22H,2,5,7-10H2,1,3-4H3,(H,20,21). The molecule has 1 saturated carbocycles. The molecule has 0 saturated heterocycles. The van der Waals surface area contributed by atoms with Gasteiger partial charge in [0.05, 0.1) is 0 Å². The second kappa shape index (κ2) is 8.60. The molecule has 0 aromatic rings. The Kier molecular flexibility index (Phi) is 7.14. The van der Waals surface area contributed by atoms with E-state index < -0.39 is 5.60 Å². The third-order valence-corrected chi connectivity index (χ3v) is 3.45. The highest BCUT2D eigenvalue weighted by Gasteiger charge is 2.20. The summed E-state index contributed by atoms with van der Waals surface area (Å²) in [4.78, 5) is 12.2. The number of carbonyl (C=O) groups is 1. The molecule has 3 heteroatoms. The summed E-state index contributed by atoms with van der Waals surface area (Å²) in [7, 11) is 0. The molecule has 3 nitrogen and oxygen atoms in total. The number of rotatable bonds is 6. The van der Waals surface area contributed by atoms with Crippen molar-refractivity contribution in [1.29, 1.82) is 0 Å². The van der Waals surface area contributed by atoms with Crippen LogP contribution in [-0.2, 0) is 4.79 Å². The number of allylic oxidation sites excluding steroid dienone is 4. The van der Waals surface area contributed by atoms with Crippen LogP contribution < -0.4 is 5.32 Å². The van der Waals surface area contributed by atoms with Gasteiger partial charge in [0, 0.05) is 17.2 Å². The fraction of sp³-hybridized carbons (Fsp3) is 0.526. The van der Waals surface area contributed by atoms with E-state index in [2.05, 4.69) is 30.7 Å². The van der Waals surface area contributed by atoms with Crippen LogP contribution in [0, 0.1) is 11.8 Å². The number of hydrogen-bond acceptors (Lipinski definition) is 2. The summed E-state index contributed by atoms with van der Waals surface area (Å²) in [5.41, 5.74) is 0.408. The van der Waals surface area contributed by atoms with Gasteiger partial charge in [-0.25, -0.2) is 0 Å². The molecule has 0 aromatic carbocycles. The average Bonchev–Trinajstić information content (AvgIpc) is 2.40. The molecule has 1 amide bonds. The van der Waals surface area contributed by atoms with Crippen LogP contribution in [0.5, 0.6) is 0 Å². The summed E-state index contributed by atoms with van der Waals surface area (Å²) < 4.78 is 0. The highest BCUT2D eigenvalue weighted by molar-refractivity contribution is 5.94. The summed E-state index contributed by atoms with van der Waals surface area (Å²) in [6.07, 6.45) is 10.2. The molecule has 120 valence electrons. The van der Waals surface area contributed by atoms with Crippen LogP contribution in [0.3, 0.4) is 0 Å². The van der Waals surface area contributed by atoms with Crippen LogP contribution >= 0.6 is 0 Å². The Morgan fingerprint density at radius 3 is 2.55 bits per heavy atom. The number of amides is 1. The van der Waals surface area contributed by atoms with E-state index in [0.29, 0.717) is 11.6 Å².